The van der Waals surface area contributed by atoms with Gasteiger partial charge < -0.3 is 0 Å². The van der Waals surface area contributed by atoms with Gasteiger partial charge in [-0.1, -0.05) is 156 Å². The predicted octanol–water partition coefficient (Wildman–Crippen LogP) is 12.3. The molecule has 0 bridgehead atoms. The molecule has 0 amide bonds. The Kier molecular flexibility index (Phi) is 23.1. The molecule has 35 heavy (non-hydrogen) atoms. The molecule has 212 valence electrons. The van der Waals surface area contributed by atoms with Crippen molar-refractivity contribution in [1.82, 2.24) is 4.90 Å². The van der Waals surface area contributed by atoms with Crippen LogP contribution in [0.4, 0.5) is 0 Å². The number of unbranched alkanes of at least 4 members (excludes halogenated alkanes) is 19. The minimum atomic E-state index is 0.316. The van der Waals surface area contributed by atoms with Crippen molar-refractivity contribution >= 4 is 0 Å². The maximum Gasteiger partial charge on any atom is 0.0158 e. The van der Waals surface area contributed by atoms with Gasteiger partial charge in [-0.25, -0.2) is 0 Å². The van der Waals surface area contributed by atoms with Crippen molar-refractivity contribution < 1.29 is 0 Å². The van der Waals surface area contributed by atoms with Gasteiger partial charge in [0.25, 0.3) is 0 Å². The Hall–Kier alpha value is -0.0400. The Morgan fingerprint density at radius 3 is 0.914 bits per heavy atom. The Bertz CT molecular complexity index is 398. The topological polar surface area (TPSA) is 3.24 Å². The van der Waals surface area contributed by atoms with E-state index in [9.17, 15) is 0 Å². The van der Waals surface area contributed by atoms with E-state index >= 15 is 0 Å². The summed E-state index contributed by atoms with van der Waals surface area (Å²) in [6.07, 6.45) is 34.0. The van der Waals surface area contributed by atoms with Gasteiger partial charge in [0.1, 0.15) is 0 Å². The first-order valence-corrected chi connectivity index (χ1v) is 16.6. The lowest BCUT2D eigenvalue weighted by molar-refractivity contribution is 0.00152. The van der Waals surface area contributed by atoms with Gasteiger partial charge in [-0.2, -0.15) is 0 Å². The summed E-state index contributed by atoms with van der Waals surface area (Å²) >= 11 is 0. The average molecular weight is 494 g/mol. The molecule has 0 unspecified atom stereocenters. The van der Waals surface area contributed by atoms with Crippen LogP contribution in [0.1, 0.15) is 203 Å². The van der Waals surface area contributed by atoms with Crippen molar-refractivity contribution in [3.05, 3.63) is 0 Å². The minimum absolute atomic E-state index is 0.316. The quantitative estimate of drug-likeness (QED) is 0.103. The molecule has 0 N–H and O–H groups in total. The fourth-order valence-corrected chi connectivity index (χ4v) is 6.13. The number of hydrogen-bond donors (Lipinski definition) is 0. The predicted molar refractivity (Wildman–Crippen MR) is 163 cm³/mol. The van der Waals surface area contributed by atoms with Crippen LogP contribution in [-0.4, -0.2) is 22.5 Å². The fourth-order valence-electron chi connectivity index (χ4n) is 6.13. The minimum Gasteiger partial charge on any atom is -0.293 e. The van der Waals surface area contributed by atoms with Crippen LogP contribution in [0.3, 0.4) is 0 Å². The molecule has 0 atom stereocenters. The van der Waals surface area contributed by atoms with E-state index in [1.807, 2.05) is 0 Å². The summed E-state index contributed by atoms with van der Waals surface area (Å²) < 4.78 is 0. The first-order chi connectivity index (χ1) is 16.8. The lowest BCUT2D eigenvalue weighted by Gasteiger charge is -2.49. The Morgan fingerprint density at radius 2 is 0.600 bits per heavy atom. The van der Waals surface area contributed by atoms with Crippen LogP contribution in [0.5, 0.6) is 0 Å². The molecule has 0 heterocycles. The molecule has 0 aliphatic rings. The van der Waals surface area contributed by atoms with Crippen LogP contribution in [0, 0.1) is 0 Å². The molecule has 0 aromatic rings. The normalized spacial score (nSPS) is 12.7. The van der Waals surface area contributed by atoms with E-state index < -0.39 is 0 Å². The molecule has 0 aromatic heterocycles. The average Bonchev–Trinajstić information content (AvgIpc) is 2.81. The lowest BCUT2D eigenvalue weighted by Crippen LogP contribution is -2.55. The molecule has 0 fully saturated rings. The smallest absolute Gasteiger partial charge is 0.0158 e. The molecule has 0 rings (SSSR count). The van der Waals surface area contributed by atoms with E-state index in [0.717, 1.165) is 0 Å². The summed E-state index contributed by atoms with van der Waals surface area (Å²) in [5.41, 5.74) is 0.633. The van der Waals surface area contributed by atoms with E-state index in [0.29, 0.717) is 11.1 Å². The van der Waals surface area contributed by atoms with Crippen molar-refractivity contribution in [3.63, 3.8) is 0 Å². The summed E-state index contributed by atoms with van der Waals surface area (Å²) in [5.74, 6) is 0. The second-order valence-corrected chi connectivity index (χ2v) is 13.0. The highest BCUT2D eigenvalue weighted by Gasteiger charge is 2.36. The maximum atomic E-state index is 2.94. The molecule has 1 heteroatoms. The molecule has 0 aliphatic heterocycles. The summed E-state index contributed by atoms with van der Waals surface area (Å²) in [4.78, 5) is 2.94. The third-order valence-corrected chi connectivity index (χ3v) is 8.48. The molecule has 0 spiro atoms. The zero-order valence-corrected chi connectivity index (χ0v) is 26.1. The van der Waals surface area contributed by atoms with Crippen LogP contribution in [0.25, 0.3) is 0 Å². The van der Waals surface area contributed by atoms with E-state index in [1.165, 1.54) is 161 Å². The molecular weight excluding hydrogens is 422 g/mol. The zero-order chi connectivity index (χ0) is 26.3. The second kappa shape index (κ2) is 23.1. The number of nitrogens with zero attached hydrogens (tertiary/aromatic N) is 1. The number of hydrogen-bond acceptors (Lipinski definition) is 1. The Labute approximate surface area is 225 Å². The second-order valence-electron chi connectivity index (χ2n) is 13.0. The van der Waals surface area contributed by atoms with Gasteiger partial charge in [0.2, 0.25) is 0 Å². The summed E-state index contributed by atoms with van der Waals surface area (Å²) in [5, 5.41) is 0. The highest BCUT2D eigenvalue weighted by Crippen LogP contribution is 2.34. The van der Waals surface area contributed by atoms with Crippen molar-refractivity contribution in [2.45, 2.75) is 214 Å². The van der Waals surface area contributed by atoms with Gasteiger partial charge in [0.15, 0.2) is 0 Å². The van der Waals surface area contributed by atoms with E-state index in [-0.39, 0.29) is 0 Å². The van der Waals surface area contributed by atoms with Gasteiger partial charge in [-0.3, -0.25) is 4.90 Å². The van der Waals surface area contributed by atoms with Gasteiger partial charge in [-0.15, -0.1) is 0 Å². The summed E-state index contributed by atoms with van der Waals surface area (Å²) in [6, 6.07) is 0. The Morgan fingerprint density at radius 1 is 0.343 bits per heavy atom. The Balaban J connectivity index is 4.46. The monoisotopic (exact) mass is 494 g/mol. The molecule has 0 saturated carbocycles. The maximum absolute atomic E-state index is 2.94. The lowest BCUT2D eigenvalue weighted by atomic mass is 9.85. The first-order valence-electron chi connectivity index (χ1n) is 16.6. The van der Waals surface area contributed by atoms with Gasteiger partial charge >= 0.3 is 0 Å². The number of rotatable bonds is 27. The van der Waals surface area contributed by atoms with Crippen LogP contribution in [0.15, 0.2) is 0 Å². The highest BCUT2D eigenvalue weighted by molar-refractivity contribution is 4.92. The van der Waals surface area contributed by atoms with Crippen molar-refractivity contribution in [1.29, 1.82) is 0 Å². The molecular formula is C34H71N. The molecule has 1 nitrogen and oxygen atoms in total. The largest absolute Gasteiger partial charge is 0.293 e. The van der Waals surface area contributed by atoms with Crippen molar-refractivity contribution in [2.24, 2.45) is 0 Å². The standard InChI is InChI=1S/C34H71N/c1-8-11-14-17-18-19-20-21-22-23-26-29-32-35(33(4,5)30-27-24-15-12-9-2)34(6,7)31-28-25-16-13-10-3/h8-32H2,1-7H3. The highest BCUT2D eigenvalue weighted by atomic mass is 15.2. The SMILES string of the molecule is CCCCCCCCCCCCCCN(C(C)(C)CCCCCCC)C(C)(C)CCCCCCC. The zero-order valence-electron chi connectivity index (χ0n) is 26.1. The molecule has 0 aliphatic carbocycles. The first kappa shape index (κ1) is 35.0. The summed E-state index contributed by atoms with van der Waals surface area (Å²) in [7, 11) is 0. The van der Waals surface area contributed by atoms with Gasteiger partial charge in [0.05, 0.1) is 0 Å². The van der Waals surface area contributed by atoms with E-state index in [1.54, 1.807) is 0 Å². The van der Waals surface area contributed by atoms with Crippen molar-refractivity contribution in [3.8, 4) is 0 Å². The molecule has 0 saturated heterocycles. The van der Waals surface area contributed by atoms with Gasteiger partial charge in [0, 0.05) is 11.1 Å². The van der Waals surface area contributed by atoms with Crippen molar-refractivity contribution in [2.75, 3.05) is 6.54 Å². The van der Waals surface area contributed by atoms with E-state index in [4.69, 9.17) is 0 Å². The molecule has 0 radical (unpaired) electrons. The van der Waals surface area contributed by atoms with Crippen LogP contribution >= 0.6 is 0 Å². The van der Waals surface area contributed by atoms with Gasteiger partial charge in [-0.05, 0) is 53.5 Å². The van der Waals surface area contributed by atoms with Crippen LogP contribution in [-0.2, 0) is 0 Å². The fraction of sp³-hybridized carbons (Fsp3) is 1.00. The van der Waals surface area contributed by atoms with Crippen LogP contribution in [0.2, 0.25) is 0 Å². The van der Waals surface area contributed by atoms with E-state index in [2.05, 4.69) is 53.4 Å². The molecule has 0 aromatic carbocycles. The summed E-state index contributed by atoms with van der Waals surface area (Å²) in [6.45, 7) is 18.4. The third-order valence-electron chi connectivity index (χ3n) is 8.48. The van der Waals surface area contributed by atoms with Crippen LogP contribution < -0.4 is 0 Å². The third kappa shape index (κ3) is 19.7.